The second-order valence-electron chi connectivity index (χ2n) is 4.63. The Morgan fingerprint density at radius 3 is 2.67 bits per heavy atom. The van der Waals surface area contributed by atoms with Crippen LogP contribution in [0.5, 0.6) is 0 Å². The molecule has 0 aromatic heterocycles. The van der Waals surface area contributed by atoms with Crippen molar-refractivity contribution in [2.45, 2.75) is 27.2 Å². The number of carbonyl (C=O) groups is 1. The normalized spacial score (nSPS) is 23.7. The maximum Gasteiger partial charge on any atom is 0.227 e. The Balaban J connectivity index is 2.10. The molecule has 2 atom stereocenters. The van der Waals surface area contributed by atoms with Crippen molar-refractivity contribution < 1.29 is 4.79 Å². The lowest BCUT2D eigenvalue weighted by atomic mass is 10.1. The van der Waals surface area contributed by atoms with Crippen LogP contribution in [0, 0.1) is 25.7 Å². The average Bonchev–Trinajstić information content (AvgIpc) is 2.89. The fourth-order valence-electron chi connectivity index (χ4n) is 1.78. The van der Waals surface area contributed by atoms with Crippen molar-refractivity contribution in [1.82, 2.24) is 0 Å². The maximum atomic E-state index is 11.7. The lowest BCUT2D eigenvalue weighted by Crippen LogP contribution is -2.15. The number of carbonyl (C=O) groups excluding carboxylic acids is 1. The first-order valence-electron chi connectivity index (χ1n) is 5.46. The smallest absolute Gasteiger partial charge is 0.227 e. The van der Waals surface area contributed by atoms with Crippen molar-refractivity contribution in [3.8, 4) is 0 Å². The van der Waals surface area contributed by atoms with Gasteiger partial charge in [0.1, 0.15) is 0 Å². The van der Waals surface area contributed by atoms with E-state index in [1.807, 2.05) is 26.0 Å². The first-order chi connectivity index (χ1) is 7.08. The molecular formula is C13H17NO. The molecule has 0 spiro atoms. The van der Waals surface area contributed by atoms with Gasteiger partial charge in [-0.15, -0.1) is 0 Å². The summed E-state index contributed by atoms with van der Waals surface area (Å²) in [6.45, 7) is 6.17. The molecule has 2 rings (SSSR count). The summed E-state index contributed by atoms with van der Waals surface area (Å²) in [7, 11) is 0. The quantitative estimate of drug-likeness (QED) is 0.786. The highest BCUT2D eigenvalue weighted by Gasteiger charge is 2.39. The Kier molecular flexibility index (Phi) is 2.51. The minimum absolute atomic E-state index is 0.177. The summed E-state index contributed by atoms with van der Waals surface area (Å²) in [5, 5.41) is 3.00. The predicted molar refractivity (Wildman–Crippen MR) is 61.8 cm³/mol. The van der Waals surface area contributed by atoms with E-state index < -0.39 is 0 Å². The zero-order chi connectivity index (χ0) is 11.0. The molecule has 1 aliphatic carbocycles. The van der Waals surface area contributed by atoms with Gasteiger partial charge in [-0.3, -0.25) is 4.79 Å². The van der Waals surface area contributed by atoms with Gasteiger partial charge in [0.15, 0.2) is 0 Å². The molecule has 1 amide bonds. The van der Waals surface area contributed by atoms with Crippen LogP contribution in [0.1, 0.15) is 24.5 Å². The summed E-state index contributed by atoms with van der Waals surface area (Å²) in [5.41, 5.74) is 3.26. The predicted octanol–water partition coefficient (Wildman–Crippen LogP) is 2.90. The summed E-state index contributed by atoms with van der Waals surface area (Å²) < 4.78 is 0. The van der Waals surface area contributed by atoms with Crippen LogP contribution in [0.2, 0.25) is 0 Å². The molecule has 0 unspecified atom stereocenters. The van der Waals surface area contributed by atoms with Gasteiger partial charge >= 0.3 is 0 Å². The van der Waals surface area contributed by atoms with E-state index in [0.717, 1.165) is 17.7 Å². The molecule has 1 N–H and O–H groups in total. The van der Waals surface area contributed by atoms with Crippen molar-refractivity contribution in [2.75, 3.05) is 5.32 Å². The molecule has 1 aromatic rings. The lowest BCUT2D eigenvalue weighted by Gasteiger charge is -2.08. The minimum Gasteiger partial charge on any atom is -0.326 e. The molecular weight excluding hydrogens is 186 g/mol. The van der Waals surface area contributed by atoms with Gasteiger partial charge in [0.05, 0.1) is 0 Å². The summed E-state index contributed by atoms with van der Waals surface area (Å²) in [6.07, 6.45) is 1.04. The van der Waals surface area contributed by atoms with Crippen molar-refractivity contribution in [3.63, 3.8) is 0 Å². The first-order valence-corrected chi connectivity index (χ1v) is 5.46. The van der Waals surface area contributed by atoms with E-state index in [2.05, 4.69) is 18.3 Å². The van der Waals surface area contributed by atoms with Gasteiger partial charge in [-0.1, -0.05) is 19.1 Å². The van der Waals surface area contributed by atoms with E-state index in [0.29, 0.717) is 5.92 Å². The zero-order valence-corrected chi connectivity index (χ0v) is 9.50. The highest BCUT2D eigenvalue weighted by Crippen LogP contribution is 2.38. The molecule has 0 saturated heterocycles. The molecule has 2 heteroatoms. The van der Waals surface area contributed by atoms with Crippen LogP contribution in [0.4, 0.5) is 5.69 Å². The van der Waals surface area contributed by atoms with Crippen LogP contribution < -0.4 is 5.32 Å². The summed E-state index contributed by atoms with van der Waals surface area (Å²) in [6, 6.07) is 6.13. The number of benzene rings is 1. The number of aryl methyl sites for hydroxylation is 2. The Hall–Kier alpha value is -1.31. The number of hydrogen-bond acceptors (Lipinski definition) is 1. The third-order valence-electron chi connectivity index (χ3n) is 3.10. The van der Waals surface area contributed by atoms with Crippen LogP contribution in [0.3, 0.4) is 0 Å². The molecule has 0 aliphatic heterocycles. The number of amides is 1. The average molecular weight is 203 g/mol. The molecule has 80 valence electrons. The van der Waals surface area contributed by atoms with Gasteiger partial charge in [0.2, 0.25) is 5.91 Å². The number of anilines is 1. The van der Waals surface area contributed by atoms with Gasteiger partial charge in [-0.05, 0) is 43.4 Å². The van der Waals surface area contributed by atoms with Gasteiger partial charge in [-0.2, -0.15) is 0 Å². The standard InChI is InChI=1S/C13H17NO/c1-8-4-5-9(2)12(6-8)14-13(15)11-7-10(11)3/h4-6,10-11H,7H2,1-3H3,(H,14,15)/t10-,11+/m1/s1. The van der Waals surface area contributed by atoms with E-state index in [1.165, 1.54) is 5.56 Å². The van der Waals surface area contributed by atoms with Crippen LogP contribution in [0.25, 0.3) is 0 Å². The number of rotatable bonds is 2. The molecule has 1 fully saturated rings. The van der Waals surface area contributed by atoms with E-state index in [1.54, 1.807) is 0 Å². The summed E-state index contributed by atoms with van der Waals surface area (Å²) in [4.78, 5) is 11.7. The van der Waals surface area contributed by atoms with E-state index in [9.17, 15) is 4.79 Å². The third kappa shape index (κ3) is 2.20. The second kappa shape index (κ2) is 3.69. The lowest BCUT2D eigenvalue weighted by molar-refractivity contribution is -0.117. The van der Waals surface area contributed by atoms with Gasteiger partial charge in [0.25, 0.3) is 0 Å². The summed E-state index contributed by atoms with van der Waals surface area (Å²) in [5.74, 6) is 0.983. The van der Waals surface area contributed by atoms with Crippen LogP contribution in [-0.4, -0.2) is 5.91 Å². The molecule has 1 aromatic carbocycles. The zero-order valence-electron chi connectivity index (χ0n) is 9.50. The number of nitrogens with one attached hydrogen (secondary N) is 1. The van der Waals surface area contributed by atoms with Crippen LogP contribution >= 0.6 is 0 Å². The van der Waals surface area contributed by atoms with Gasteiger partial charge < -0.3 is 5.32 Å². The minimum atomic E-state index is 0.177. The number of hydrogen-bond donors (Lipinski definition) is 1. The second-order valence-corrected chi connectivity index (χ2v) is 4.63. The highest BCUT2D eigenvalue weighted by atomic mass is 16.2. The highest BCUT2D eigenvalue weighted by molar-refractivity contribution is 5.95. The fourth-order valence-corrected chi connectivity index (χ4v) is 1.78. The maximum absolute atomic E-state index is 11.7. The molecule has 1 aliphatic rings. The van der Waals surface area contributed by atoms with E-state index >= 15 is 0 Å². The largest absolute Gasteiger partial charge is 0.326 e. The third-order valence-corrected chi connectivity index (χ3v) is 3.10. The molecule has 0 heterocycles. The fraction of sp³-hybridized carbons (Fsp3) is 0.462. The monoisotopic (exact) mass is 203 g/mol. The molecule has 0 bridgehead atoms. The van der Waals surface area contributed by atoms with Gasteiger partial charge in [0, 0.05) is 11.6 Å². The molecule has 2 nitrogen and oxygen atoms in total. The van der Waals surface area contributed by atoms with Gasteiger partial charge in [-0.25, -0.2) is 0 Å². The SMILES string of the molecule is Cc1ccc(C)c(NC(=O)[C@H]2C[C@H]2C)c1. The molecule has 15 heavy (non-hydrogen) atoms. The van der Waals surface area contributed by atoms with Crippen molar-refractivity contribution >= 4 is 11.6 Å². The Morgan fingerprint density at radius 1 is 1.40 bits per heavy atom. The topological polar surface area (TPSA) is 29.1 Å². The van der Waals surface area contributed by atoms with Crippen molar-refractivity contribution in [3.05, 3.63) is 29.3 Å². The van der Waals surface area contributed by atoms with Crippen molar-refractivity contribution in [1.29, 1.82) is 0 Å². The van der Waals surface area contributed by atoms with Crippen LogP contribution in [0.15, 0.2) is 18.2 Å². The molecule has 0 radical (unpaired) electrons. The van der Waals surface area contributed by atoms with E-state index in [-0.39, 0.29) is 11.8 Å². The molecule has 1 saturated carbocycles. The Bertz CT molecular complexity index is 398. The Labute approximate surface area is 90.7 Å². The van der Waals surface area contributed by atoms with Crippen LogP contribution in [-0.2, 0) is 4.79 Å². The van der Waals surface area contributed by atoms with E-state index in [4.69, 9.17) is 0 Å². The Morgan fingerprint density at radius 2 is 2.07 bits per heavy atom. The van der Waals surface area contributed by atoms with Crippen molar-refractivity contribution in [2.24, 2.45) is 11.8 Å². The summed E-state index contributed by atoms with van der Waals surface area (Å²) >= 11 is 0. The first kappa shape index (κ1) is 10.2.